The second-order valence-corrected chi connectivity index (χ2v) is 6.48. The van der Waals surface area contributed by atoms with Crippen LogP contribution in [0.1, 0.15) is 12.5 Å². The minimum atomic E-state index is 0.118. The monoisotopic (exact) mass is 311 g/mol. The highest BCUT2D eigenvalue weighted by atomic mass is 35.5. The molecule has 1 atom stereocenters. The molecule has 0 saturated heterocycles. The predicted octanol–water partition coefficient (Wildman–Crippen LogP) is 5.03. The molecule has 2 rings (SSSR count). The molecular formula is C15H15Cl2NS. The summed E-state index contributed by atoms with van der Waals surface area (Å²) in [4.78, 5) is 2.25. The molecule has 0 amide bonds. The Balaban J connectivity index is 2.13. The summed E-state index contributed by atoms with van der Waals surface area (Å²) in [5.41, 5.74) is 6.89. The maximum atomic E-state index is 6.27. The topological polar surface area (TPSA) is 26.0 Å². The first-order valence-corrected chi connectivity index (χ1v) is 7.59. The lowest BCUT2D eigenvalue weighted by atomic mass is 10.1. The van der Waals surface area contributed by atoms with Gasteiger partial charge in [-0.3, -0.25) is 0 Å². The highest BCUT2D eigenvalue weighted by Crippen LogP contribution is 2.31. The minimum Gasteiger partial charge on any atom is -0.328 e. The fraction of sp³-hybridized carbons (Fsp3) is 0.200. The molecule has 0 aliphatic heterocycles. The zero-order valence-electron chi connectivity index (χ0n) is 10.6. The van der Waals surface area contributed by atoms with Crippen molar-refractivity contribution in [2.45, 2.75) is 29.2 Å². The largest absolute Gasteiger partial charge is 0.328 e. The summed E-state index contributed by atoms with van der Waals surface area (Å²) in [6, 6.07) is 14.0. The second-order valence-electron chi connectivity index (χ2n) is 4.49. The van der Waals surface area contributed by atoms with Gasteiger partial charge in [0, 0.05) is 25.9 Å². The fourth-order valence-corrected chi connectivity index (χ4v) is 3.05. The van der Waals surface area contributed by atoms with Crippen LogP contribution in [0.25, 0.3) is 0 Å². The number of benzene rings is 2. The van der Waals surface area contributed by atoms with Gasteiger partial charge in [0.15, 0.2) is 0 Å². The summed E-state index contributed by atoms with van der Waals surface area (Å²) in [5.74, 6) is 0. The molecule has 19 heavy (non-hydrogen) atoms. The lowest BCUT2D eigenvalue weighted by Crippen LogP contribution is -2.17. The Morgan fingerprint density at radius 3 is 2.26 bits per heavy atom. The van der Waals surface area contributed by atoms with Gasteiger partial charge in [0.1, 0.15) is 0 Å². The van der Waals surface area contributed by atoms with E-state index in [0.29, 0.717) is 0 Å². The van der Waals surface area contributed by atoms with Gasteiger partial charge < -0.3 is 5.73 Å². The molecule has 100 valence electrons. The maximum absolute atomic E-state index is 6.27. The average Bonchev–Trinajstić information content (AvgIpc) is 2.35. The molecule has 2 aromatic carbocycles. The molecule has 0 aromatic heterocycles. The highest BCUT2D eigenvalue weighted by molar-refractivity contribution is 7.99. The molecule has 0 bridgehead atoms. The van der Waals surface area contributed by atoms with Gasteiger partial charge in [-0.2, -0.15) is 0 Å². The molecule has 1 unspecified atom stereocenters. The quantitative estimate of drug-likeness (QED) is 0.856. The van der Waals surface area contributed by atoms with Gasteiger partial charge in [0.2, 0.25) is 0 Å². The maximum Gasteiger partial charge on any atom is 0.0449 e. The van der Waals surface area contributed by atoms with Crippen molar-refractivity contribution in [1.82, 2.24) is 0 Å². The average molecular weight is 312 g/mol. The summed E-state index contributed by atoms with van der Waals surface area (Å²) >= 11 is 13.8. The van der Waals surface area contributed by atoms with Crippen molar-refractivity contribution in [2.24, 2.45) is 5.73 Å². The van der Waals surface area contributed by atoms with Crippen LogP contribution < -0.4 is 5.73 Å². The lowest BCUT2D eigenvalue weighted by Gasteiger charge is -2.09. The van der Waals surface area contributed by atoms with Crippen LogP contribution in [0, 0.1) is 0 Å². The third kappa shape index (κ3) is 4.43. The van der Waals surface area contributed by atoms with Crippen LogP contribution in [0.4, 0.5) is 0 Å². The van der Waals surface area contributed by atoms with Crippen LogP contribution in [0.5, 0.6) is 0 Å². The Hall–Kier alpha value is -0.670. The van der Waals surface area contributed by atoms with Crippen LogP contribution in [-0.2, 0) is 6.42 Å². The van der Waals surface area contributed by atoms with Crippen LogP contribution >= 0.6 is 35.0 Å². The van der Waals surface area contributed by atoms with E-state index in [1.54, 1.807) is 11.8 Å². The number of nitrogens with two attached hydrogens (primary N) is 1. The van der Waals surface area contributed by atoms with Crippen LogP contribution in [0.15, 0.2) is 52.3 Å². The van der Waals surface area contributed by atoms with E-state index < -0.39 is 0 Å². The van der Waals surface area contributed by atoms with Crippen molar-refractivity contribution in [2.75, 3.05) is 0 Å². The Morgan fingerprint density at radius 1 is 1.05 bits per heavy atom. The summed E-state index contributed by atoms with van der Waals surface area (Å²) < 4.78 is 0. The summed E-state index contributed by atoms with van der Waals surface area (Å²) in [5, 5.41) is 1.52. The van der Waals surface area contributed by atoms with Gasteiger partial charge in [-0.25, -0.2) is 0 Å². The van der Waals surface area contributed by atoms with Crippen LogP contribution in [0.3, 0.4) is 0 Å². The first-order valence-electron chi connectivity index (χ1n) is 6.02. The molecule has 2 N–H and O–H groups in total. The molecule has 0 aliphatic carbocycles. The van der Waals surface area contributed by atoms with Gasteiger partial charge in [0.25, 0.3) is 0 Å². The first-order chi connectivity index (χ1) is 9.04. The van der Waals surface area contributed by atoms with Gasteiger partial charge in [0.05, 0.1) is 0 Å². The van der Waals surface area contributed by atoms with E-state index in [4.69, 9.17) is 28.9 Å². The van der Waals surface area contributed by atoms with Gasteiger partial charge in [-0.15, -0.1) is 0 Å². The molecular weight excluding hydrogens is 297 g/mol. The van der Waals surface area contributed by atoms with E-state index in [9.17, 15) is 0 Å². The Kier molecular flexibility index (Phi) is 5.17. The van der Waals surface area contributed by atoms with E-state index in [0.717, 1.165) is 31.8 Å². The van der Waals surface area contributed by atoms with Crippen LogP contribution in [-0.4, -0.2) is 6.04 Å². The predicted molar refractivity (Wildman–Crippen MR) is 84.4 cm³/mol. The number of hydrogen-bond donors (Lipinski definition) is 1. The summed E-state index contributed by atoms with van der Waals surface area (Å²) in [6.07, 6.45) is 0.796. The molecule has 0 spiro atoms. The van der Waals surface area contributed by atoms with Crippen molar-refractivity contribution in [3.63, 3.8) is 0 Å². The minimum absolute atomic E-state index is 0.118. The Labute approximate surface area is 128 Å². The van der Waals surface area contributed by atoms with E-state index in [1.807, 2.05) is 43.3 Å². The fourth-order valence-electron chi connectivity index (χ4n) is 1.74. The van der Waals surface area contributed by atoms with E-state index in [-0.39, 0.29) is 6.04 Å². The molecule has 0 heterocycles. The van der Waals surface area contributed by atoms with E-state index >= 15 is 0 Å². The van der Waals surface area contributed by atoms with Crippen molar-refractivity contribution >= 4 is 35.0 Å². The lowest BCUT2D eigenvalue weighted by molar-refractivity contribution is 0.738. The molecule has 0 radical (unpaired) electrons. The molecule has 2 aromatic rings. The molecule has 1 nitrogen and oxygen atoms in total. The number of rotatable bonds is 4. The third-order valence-electron chi connectivity index (χ3n) is 2.62. The van der Waals surface area contributed by atoms with Crippen molar-refractivity contribution in [3.8, 4) is 0 Å². The molecule has 0 fully saturated rings. The van der Waals surface area contributed by atoms with E-state index in [1.165, 1.54) is 0 Å². The summed E-state index contributed by atoms with van der Waals surface area (Å²) in [7, 11) is 0. The molecule has 0 aliphatic rings. The third-order valence-corrected chi connectivity index (χ3v) is 4.22. The second kappa shape index (κ2) is 6.67. The van der Waals surface area contributed by atoms with E-state index in [2.05, 4.69) is 6.07 Å². The van der Waals surface area contributed by atoms with Crippen molar-refractivity contribution < 1.29 is 0 Å². The SMILES string of the molecule is CC(N)Cc1ccc(Sc2ccc(Cl)cc2)cc1Cl. The number of hydrogen-bond acceptors (Lipinski definition) is 2. The van der Waals surface area contributed by atoms with Gasteiger partial charge in [-0.05, 0) is 55.3 Å². The Bertz CT molecular complexity index is 553. The standard InChI is InChI=1S/C15H15Cl2NS/c1-10(18)8-11-2-5-14(9-15(11)17)19-13-6-3-12(16)4-7-13/h2-7,9-10H,8,18H2,1H3. The number of halogens is 2. The molecule has 4 heteroatoms. The zero-order chi connectivity index (χ0) is 13.8. The zero-order valence-corrected chi connectivity index (χ0v) is 12.9. The summed E-state index contributed by atoms with van der Waals surface area (Å²) in [6.45, 7) is 1.98. The molecule has 0 saturated carbocycles. The van der Waals surface area contributed by atoms with Gasteiger partial charge >= 0.3 is 0 Å². The van der Waals surface area contributed by atoms with Crippen molar-refractivity contribution in [1.29, 1.82) is 0 Å². The normalized spacial score (nSPS) is 12.4. The highest BCUT2D eigenvalue weighted by Gasteiger charge is 2.05. The first kappa shape index (κ1) is 14.7. The van der Waals surface area contributed by atoms with Gasteiger partial charge in [-0.1, -0.05) is 41.0 Å². The smallest absolute Gasteiger partial charge is 0.0449 e. The van der Waals surface area contributed by atoms with Crippen molar-refractivity contribution in [3.05, 3.63) is 58.1 Å². The Morgan fingerprint density at radius 2 is 1.68 bits per heavy atom. The van der Waals surface area contributed by atoms with Crippen LogP contribution in [0.2, 0.25) is 10.0 Å².